The number of unbranched alkanes of at least 4 members (excludes halogenated alkanes) is 50. The minimum absolute atomic E-state index is 0.247. The van der Waals surface area contributed by atoms with Gasteiger partial charge in [0.05, 0.1) is 12.5 Å². The summed E-state index contributed by atoms with van der Waals surface area (Å²) in [4.78, 5) is 25.1. The third-order valence-electron chi connectivity index (χ3n) is 14.8. The van der Waals surface area contributed by atoms with E-state index in [-0.39, 0.29) is 5.92 Å². The minimum atomic E-state index is -1.15. The Labute approximate surface area is 414 Å². The van der Waals surface area contributed by atoms with E-state index >= 15 is 0 Å². The quantitative estimate of drug-likeness (QED) is 0.0360. The molecule has 0 aromatic carbocycles. The molecule has 0 rings (SSSR count). The number of nitrogens with two attached hydrogens (primary N) is 1. The molecular weight excluding hydrogens is 811 g/mol. The molecule has 1 unspecified atom stereocenters. The second-order valence-corrected chi connectivity index (χ2v) is 21.5. The highest BCUT2D eigenvalue weighted by Crippen LogP contribution is 2.23. The lowest BCUT2D eigenvalue weighted by atomic mass is 9.94. The molecular formula is C61H121NO4. The van der Waals surface area contributed by atoms with Gasteiger partial charge in [-0.1, -0.05) is 348 Å². The lowest BCUT2D eigenvalue weighted by molar-refractivity contribution is -0.164. The third kappa shape index (κ3) is 50.9. The van der Waals surface area contributed by atoms with Crippen molar-refractivity contribution in [1.29, 1.82) is 0 Å². The lowest BCUT2D eigenvalue weighted by Gasteiger charge is -2.16. The highest BCUT2D eigenvalue weighted by molar-refractivity contribution is 5.89. The second-order valence-electron chi connectivity index (χ2n) is 21.5. The van der Waals surface area contributed by atoms with Crippen molar-refractivity contribution in [1.82, 2.24) is 0 Å². The van der Waals surface area contributed by atoms with Crippen LogP contribution in [-0.4, -0.2) is 29.7 Å². The largest absolute Gasteiger partial charge is 0.394 e. The van der Waals surface area contributed by atoms with Crippen LogP contribution in [0.4, 0.5) is 0 Å². The lowest BCUT2D eigenvalue weighted by Crippen LogP contribution is -2.38. The molecule has 0 spiro atoms. The van der Waals surface area contributed by atoms with Crippen LogP contribution in [0.3, 0.4) is 0 Å². The maximum atomic E-state index is 12.9. The average molecular weight is 933 g/mol. The molecule has 66 heavy (non-hydrogen) atoms. The summed E-state index contributed by atoms with van der Waals surface area (Å²) >= 11 is 0. The van der Waals surface area contributed by atoms with Crippen LogP contribution < -0.4 is 5.73 Å². The van der Waals surface area contributed by atoms with Crippen molar-refractivity contribution in [2.24, 2.45) is 11.7 Å². The summed E-state index contributed by atoms with van der Waals surface area (Å²) in [6.07, 6.45) is 73.5. The van der Waals surface area contributed by atoms with E-state index in [0.29, 0.717) is 0 Å². The van der Waals surface area contributed by atoms with Crippen LogP contribution in [0.1, 0.15) is 361 Å². The molecule has 3 N–H and O–H groups in total. The standard InChI is InChI=1S/C61H121NO4/c1-3-5-7-9-11-13-15-17-19-21-23-25-27-28-29-30-31-32-33-34-36-38-40-42-44-46-48-50-52-54-56-58(60(64)66-61(65)59(62)57-63)55-53-51-49-47-45-43-41-39-37-35-26-24-22-20-18-16-14-12-10-8-6-4-2/h58-59,63H,3-57,62H2,1-2H3/t58?,59-/m0/s1. The third-order valence-corrected chi connectivity index (χ3v) is 14.8. The van der Waals surface area contributed by atoms with Gasteiger partial charge in [-0.2, -0.15) is 0 Å². The van der Waals surface area contributed by atoms with E-state index in [2.05, 4.69) is 13.8 Å². The van der Waals surface area contributed by atoms with Gasteiger partial charge in [-0.05, 0) is 12.8 Å². The molecule has 5 heteroatoms. The molecule has 5 nitrogen and oxygen atoms in total. The maximum absolute atomic E-state index is 12.9. The van der Waals surface area contributed by atoms with Crippen LogP contribution in [0, 0.1) is 5.92 Å². The van der Waals surface area contributed by atoms with Gasteiger partial charge in [0.25, 0.3) is 0 Å². The molecule has 0 aliphatic carbocycles. The van der Waals surface area contributed by atoms with Crippen molar-refractivity contribution < 1.29 is 19.4 Å². The van der Waals surface area contributed by atoms with Crippen molar-refractivity contribution >= 4 is 11.9 Å². The summed E-state index contributed by atoms with van der Waals surface area (Å²) < 4.78 is 5.12. The predicted octanol–water partition coefficient (Wildman–Crippen LogP) is 20.1. The van der Waals surface area contributed by atoms with Crippen molar-refractivity contribution in [3.63, 3.8) is 0 Å². The van der Waals surface area contributed by atoms with Gasteiger partial charge in [-0.3, -0.25) is 4.79 Å². The van der Waals surface area contributed by atoms with Crippen molar-refractivity contribution in [3.05, 3.63) is 0 Å². The molecule has 0 aliphatic rings. The molecule has 0 aromatic heterocycles. The fourth-order valence-corrected chi connectivity index (χ4v) is 10.1. The first kappa shape index (κ1) is 65.1. The molecule has 0 aromatic rings. The van der Waals surface area contributed by atoms with E-state index in [1.165, 1.54) is 308 Å². The molecule has 0 saturated heterocycles. The molecule has 0 heterocycles. The first-order chi connectivity index (χ1) is 32.6. The zero-order chi connectivity index (χ0) is 47.9. The Bertz CT molecular complexity index is 940. The van der Waals surface area contributed by atoms with Crippen molar-refractivity contribution in [2.45, 2.75) is 367 Å². The van der Waals surface area contributed by atoms with Gasteiger partial charge >= 0.3 is 11.9 Å². The Balaban J connectivity index is 3.71. The van der Waals surface area contributed by atoms with Gasteiger partial charge in [-0.15, -0.1) is 0 Å². The van der Waals surface area contributed by atoms with Crippen molar-refractivity contribution in [3.8, 4) is 0 Å². The Morgan fingerprint density at radius 1 is 0.303 bits per heavy atom. The van der Waals surface area contributed by atoms with Crippen LogP contribution in [0.2, 0.25) is 0 Å². The Morgan fingerprint density at radius 3 is 0.636 bits per heavy atom. The molecule has 0 bridgehead atoms. The zero-order valence-corrected chi connectivity index (χ0v) is 45.3. The number of hydrogen-bond acceptors (Lipinski definition) is 5. The normalized spacial score (nSPS) is 12.5. The van der Waals surface area contributed by atoms with Gasteiger partial charge < -0.3 is 15.6 Å². The van der Waals surface area contributed by atoms with E-state index in [4.69, 9.17) is 10.5 Å². The average Bonchev–Trinajstić information content (AvgIpc) is 3.32. The number of esters is 2. The van der Waals surface area contributed by atoms with Gasteiger partial charge in [-0.25, -0.2) is 4.79 Å². The van der Waals surface area contributed by atoms with Crippen LogP contribution in [-0.2, 0) is 14.3 Å². The van der Waals surface area contributed by atoms with Gasteiger partial charge in [0.15, 0.2) is 0 Å². The smallest absolute Gasteiger partial charge is 0.332 e. The highest BCUT2D eigenvalue weighted by Gasteiger charge is 2.25. The summed E-state index contributed by atoms with van der Waals surface area (Å²) in [6.45, 7) is 4.09. The van der Waals surface area contributed by atoms with E-state index in [0.717, 1.165) is 38.5 Å². The summed E-state index contributed by atoms with van der Waals surface area (Å²) in [5.74, 6) is -1.49. The fraction of sp³-hybridized carbons (Fsp3) is 0.967. The van der Waals surface area contributed by atoms with E-state index in [1.54, 1.807) is 0 Å². The number of carbonyl (C=O) groups excluding carboxylic acids is 2. The SMILES string of the molecule is CCCCCCCCCCCCCCCCCCCCCCCCCCCCCCCCC(CCCCCCCCCCCCCCCCCCCCCCCC)C(=O)OC(=O)[C@@H](N)CO. The first-order valence-corrected chi connectivity index (χ1v) is 30.7. The van der Waals surface area contributed by atoms with Gasteiger partial charge in [0.2, 0.25) is 0 Å². The van der Waals surface area contributed by atoms with E-state index in [1.807, 2.05) is 0 Å². The van der Waals surface area contributed by atoms with Gasteiger partial charge in [0.1, 0.15) is 6.04 Å². The first-order valence-electron chi connectivity index (χ1n) is 30.7. The number of ether oxygens (including phenoxy) is 1. The number of aliphatic hydroxyl groups excluding tert-OH is 1. The number of carbonyl (C=O) groups is 2. The fourth-order valence-electron chi connectivity index (χ4n) is 10.1. The Morgan fingerprint density at radius 2 is 0.470 bits per heavy atom. The Kier molecular flexibility index (Phi) is 55.8. The molecule has 0 fully saturated rings. The monoisotopic (exact) mass is 932 g/mol. The maximum Gasteiger partial charge on any atom is 0.332 e. The molecule has 0 saturated carbocycles. The number of rotatable bonds is 57. The Hall–Kier alpha value is -0.940. The summed E-state index contributed by atoms with van der Waals surface area (Å²) in [7, 11) is 0. The summed E-state index contributed by atoms with van der Waals surface area (Å²) in [5.41, 5.74) is 5.63. The predicted molar refractivity (Wildman–Crippen MR) is 290 cm³/mol. The second kappa shape index (κ2) is 56.6. The highest BCUT2D eigenvalue weighted by atomic mass is 16.6. The van der Waals surface area contributed by atoms with Crippen LogP contribution in [0.15, 0.2) is 0 Å². The van der Waals surface area contributed by atoms with Crippen LogP contribution >= 0.6 is 0 Å². The summed E-state index contributed by atoms with van der Waals surface area (Å²) in [5, 5.41) is 9.24. The van der Waals surface area contributed by atoms with E-state index < -0.39 is 24.6 Å². The van der Waals surface area contributed by atoms with Crippen molar-refractivity contribution in [2.75, 3.05) is 6.61 Å². The molecule has 0 amide bonds. The van der Waals surface area contributed by atoms with Crippen LogP contribution in [0.5, 0.6) is 0 Å². The minimum Gasteiger partial charge on any atom is -0.394 e. The molecule has 0 radical (unpaired) electrons. The number of hydrogen-bond donors (Lipinski definition) is 2. The topological polar surface area (TPSA) is 89.6 Å². The number of aliphatic hydroxyl groups is 1. The zero-order valence-electron chi connectivity index (χ0n) is 45.3. The summed E-state index contributed by atoms with van der Waals surface area (Å²) in [6, 6.07) is -1.15. The van der Waals surface area contributed by atoms with E-state index in [9.17, 15) is 14.7 Å². The van der Waals surface area contributed by atoms with Gasteiger partial charge in [0, 0.05) is 0 Å². The molecule has 394 valence electrons. The molecule has 0 aliphatic heterocycles. The molecule has 2 atom stereocenters. The van der Waals surface area contributed by atoms with Crippen LogP contribution in [0.25, 0.3) is 0 Å².